The minimum atomic E-state index is 0.179. The Morgan fingerprint density at radius 1 is 1.16 bits per heavy atom. The van der Waals surface area contributed by atoms with Crippen molar-refractivity contribution in [3.63, 3.8) is 0 Å². The van der Waals surface area contributed by atoms with Gasteiger partial charge in [-0.3, -0.25) is 9.48 Å². The lowest BCUT2D eigenvalue weighted by atomic mass is 9.93. The number of nitrogens with one attached hydrogen (secondary N) is 1. The number of aryl methyl sites for hydroxylation is 1. The molecule has 6 heteroatoms. The molecule has 0 spiro atoms. The van der Waals surface area contributed by atoms with Gasteiger partial charge in [0.1, 0.15) is 0 Å². The molecule has 0 unspecified atom stereocenters. The summed E-state index contributed by atoms with van der Waals surface area (Å²) in [5, 5.41) is 8.26. The highest BCUT2D eigenvalue weighted by Crippen LogP contribution is 2.25. The Balaban J connectivity index is 1.39. The quantitative estimate of drug-likeness (QED) is 0.895. The van der Waals surface area contributed by atoms with E-state index in [2.05, 4.69) is 27.0 Å². The summed E-state index contributed by atoms with van der Waals surface area (Å²) < 4.78 is 2.06. The van der Waals surface area contributed by atoms with E-state index in [1.165, 1.54) is 25.7 Å². The Labute approximate surface area is 150 Å². The number of amides is 1. The summed E-state index contributed by atoms with van der Waals surface area (Å²) >= 11 is 0. The van der Waals surface area contributed by atoms with Gasteiger partial charge in [0.15, 0.2) is 0 Å². The number of carbonyl (C=O) groups excluding carboxylic acids is 1. The van der Waals surface area contributed by atoms with Crippen molar-refractivity contribution in [2.45, 2.75) is 51.1 Å². The molecule has 4 rings (SSSR count). The fourth-order valence-electron chi connectivity index (χ4n) is 4.50. The van der Waals surface area contributed by atoms with Crippen LogP contribution in [0.3, 0.4) is 0 Å². The number of hydrogen-bond donors (Lipinski definition) is 1. The van der Waals surface area contributed by atoms with Crippen LogP contribution in [-0.2, 0) is 13.0 Å². The van der Waals surface area contributed by atoms with Crippen molar-refractivity contribution in [1.29, 1.82) is 0 Å². The van der Waals surface area contributed by atoms with Gasteiger partial charge in [0.2, 0.25) is 0 Å². The van der Waals surface area contributed by atoms with Crippen LogP contribution in [0.1, 0.15) is 48.2 Å². The molecule has 1 amide bonds. The number of nitrogens with zero attached hydrogens (tertiary/aromatic N) is 4. The molecular formula is C19H31N5O. The molecule has 1 aromatic heterocycles. The van der Waals surface area contributed by atoms with Crippen molar-refractivity contribution in [3.05, 3.63) is 17.5 Å². The summed E-state index contributed by atoms with van der Waals surface area (Å²) in [6, 6.07) is 0.721. The van der Waals surface area contributed by atoms with Crippen LogP contribution in [0.2, 0.25) is 0 Å². The summed E-state index contributed by atoms with van der Waals surface area (Å²) in [5.41, 5.74) is 2.00. The van der Waals surface area contributed by atoms with Gasteiger partial charge in [-0.25, -0.2) is 0 Å². The number of fused-ring (bicyclic) bond motifs is 1. The lowest BCUT2D eigenvalue weighted by molar-refractivity contribution is 0.0662. The van der Waals surface area contributed by atoms with Crippen molar-refractivity contribution in [1.82, 2.24) is 24.9 Å². The lowest BCUT2D eigenvalue weighted by Crippen LogP contribution is -2.47. The van der Waals surface area contributed by atoms with E-state index in [9.17, 15) is 4.79 Å². The fourth-order valence-corrected chi connectivity index (χ4v) is 4.50. The molecule has 1 aliphatic carbocycles. The molecule has 3 aliphatic rings. The fraction of sp³-hybridized carbons (Fsp3) is 0.789. The highest BCUT2D eigenvalue weighted by molar-refractivity contribution is 5.95. The van der Waals surface area contributed by atoms with E-state index in [0.29, 0.717) is 5.92 Å². The van der Waals surface area contributed by atoms with Crippen LogP contribution in [0.4, 0.5) is 0 Å². The molecule has 25 heavy (non-hydrogen) atoms. The topological polar surface area (TPSA) is 53.4 Å². The van der Waals surface area contributed by atoms with Crippen molar-refractivity contribution in [2.24, 2.45) is 5.92 Å². The number of aromatic nitrogens is 2. The zero-order valence-electron chi connectivity index (χ0n) is 15.4. The van der Waals surface area contributed by atoms with Crippen LogP contribution in [0.5, 0.6) is 0 Å². The largest absolute Gasteiger partial charge is 0.336 e. The summed E-state index contributed by atoms with van der Waals surface area (Å²) in [7, 11) is 2.12. The maximum absolute atomic E-state index is 13.0. The van der Waals surface area contributed by atoms with Gasteiger partial charge in [-0.1, -0.05) is 12.8 Å². The Hall–Kier alpha value is -1.40. The van der Waals surface area contributed by atoms with Crippen LogP contribution in [0.15, 0.2) is 6.20 Å². The molecule has 1 atom stereocenters. The Morgan fingerprint density at radius 2 is 1.92 bits per heavy atom. The van der Waals surface area contributed by atoms with Gasteiger partial charge in [-0.05, 0) is 45.2 Å². The third kappa shape index (κ3) is 3.75. The maximum Gasteiger partial charge on any atom is 0.257 e. The Bertz CT molecular complexity index is 599. The minimum Gasteiger partial charge on any atom is -0.336 e. The van der Waals surface area contributed by atoms with Gasteiger partial charge in [0.05, 0.1) is 17.5 Å². The molecule has 0 bridgehead atoms. The normalized spacial score (nSPS) is 25.3. The zero-order valence-corrected chi connectivity index (χ0v) is 15.4. The average molecular weight is 345 g/mol. The highest BCUT2D eigenvalue weighted by atomic mass is 16.2. The molecule has 1 aromatic rings. The summed E-state index contributed by atoms with van der Waals surface area (Å²) in [6.45, 7) is 5.60. The number of likely N-dealkylation sites (N-methyl/N-ethyl adjacent to an activating group) is 1. The van der Waals surface area contributed by atoms with E-state index >= 15 is 0 Å². The average Bonchev–Trinajstić information content (AvgIpc) is 3.29. The Morgan fingerprint density at radius 3 is 2.68 bits per heavy atom. The molecule has 6 nitrogen and oxygen atoms in total. The van der Waals surface area contributed by atoms with E-state index in [4.69, 9.17) is 0 Å². The first-order valence-corrected chi connectivity index (χ1v) is 9.96. The molecule has 3 heterocycles. The summed E-state index contributed by atoms with van der Waals surface area (Å²) in [5.74, 6) is 0.808. The van der Waals surface area contributed by atoms with Gasteiger partial charge < -0.3 is 15.1 Å². The first-order chi connectivity index (χ1) is 12.2. The van der Waals surface area contributed by atoms with Crippen molar-refractivity contribution in [3.8, 4) is 0 Å². The lowest BCUT2D eigenvalue weighted by Gasteiger charge is -2.33. The molecule has 0 aromatic carbocycles. The smallest absolute Gasteiger partial charge is 0.257 e. The monoisotopic (exact) mass is 345 g/mol. The standard InChI is InChI=1S/C19H31N5O/c1-22-8-10-23(11-9-22)19(25)17-14-21-24-7-6-15(12-18(17)24)13-20-16-4-2-3-5-16/h14-16,20H,2-13H2,1H3/t15-/m1/s1. The third-order valence-corrected chi connectivity index (χ3v) is 6.25. The van der Waals surface area contributed by atoms with Gasteiger partial charge >= 0.3 is 0 Å². The zero-order chi connectivity index (χ0) is 17.2. The van der Waals surface area contributed by atoms with Gasteiger partial charge in [-0.2, -0.15) is 5.10 Å². The predicted octanol–water partition coefficient (Wildman–Crippen LogP) is 1.37. The van der Waals surface area contributed by atoms with Crippen LogP contribution in [0, 0.1) is 5.92 Å². The van der Waals surface area contributed by atoms with E-state index in [0.717, 1.165) is 69.4 Å². The second-order valence-corrected chi connectivity index (χ2v) is 8.07. The predicted molar refractivity (Wildman–Crippen MR) is 97.7 cm³/mol. The van der Waals surface area contributed by atoms with E-state index in [-0.39, 0.29) is 5.91 Å². The third-order valence-electron chi connectivity index (χ3n) is 6.25. The van der Waals surface area contributed by atoms with E-state index in [1.807, 2.05) is 11.1 Å². The molecule has 2 aliphatic heterocycles. The molecular weight excluding hydrogens is 314 g/mol. The Kier molecular flexibility index (Phi) is 5.08. The van der Waals surface area contributed by atoms with E-state index in [1.54, 1.807) is 0 Å². The van der Waals surface area contributed by atoms with Crippen LogP contribution >= 0.6 is 0 Å². The number of hydrogen-bond acceptors (Lipinski definition) is 4. The molecule has 0 radical (unpaired) electrons. The molecule has 1 saturated heterocycles. The van der Waals surface area contributed by atoms with E-state index < -0.39 is 0 Å². The van der Waals surface area contributed by atoms with Gasteiger partial charge in [-0.15, -0.1) is 0 Å². The first-order valence-electron chi connectivity index (χ1n) is 9.96. The maximum atomic E-state index is 13.0. The number of carbonyl (C=O) groups is 1. The summed E-state index contributed by atoms with van der Waals surface area (Å²) in [4.78, 5) is 17.2. The van der Waals surface area contributed by atoms with Crippen molar-refractivity contribution < 1.29 is 4.79 Å². The van der Waals surface area contributed by atoms with Crippen LogP contribution in [-0.4, -0.2) is 71.3 Å². The molecule has 1 N–H and O–H groups in total. The SMILES string of the molecule is CN1CCN(C(=O)c2cnn3c2C[C@H](CNC2CCCC2)CC3)CC1. The molecule has 138 valence electrons. The van der Waals surface area contributed by atoms with Gasteiger partial charge in [0.25, 0.3) is 5.91 Å². The van der Waals surface area contributed by atoms with Crippen LogP contribution < -0.4 is 5.32 Å². The highest BCUT2D eigenvalue weighted by Gasteiger charge is 2.29. The number of rotatable bonds is 4. The molecule has 1 saturated carbocycles. The van der Waals surface area contributed by atoms with Crippen molar-refractivity contribution >= 4 is 5.91 Å². The van der Waals surface area contributed by atoms with Gasteiger partial charge in [0, 0.05) is 38.8 Å². The summed E-state index contributed by atoms with van der Waals surface area (Å²) in [6.07, 6.45) is 9.36. The first kappa shape index (κ1) is 17.0. The van der Waals surface area contributed by atoms with Crippen LogP contribution in [0.25, 0.3) is 0 Å². The minimum absolute atomic E-state index is 0.179. The van der Waals surface area contributed by atoms with Crippen molar-refractivity contribution in [2.75, 3.05) is 39.8 Å². The number of piperazine rings is 1. The molecule has 2 fully saturated rings. The second-order valence-electron chi connectivity index (χ2n) is 8.07. The second kappa shape index (κ2) is 7.46.